The number of imidazole rings is 1. The zero-order valence-corrected chi connectivity index (χ0v) is 18.7. The molecule has 3 heterocycles. The number of nitrogens with two attached hydrogens (primary N) is 1. The second-order valence-electron chi connectivity index (χ2n) is 9.28. The Morgan fingerprint density at radius 1 is 1.18 bits per heavy atom. The van der Waals surface area contributed by atoms with Crippen molar-refractivity contribution < 1.29 is 10.0 Å². The Kier molecular flexibility index (Phi) is 5.88. The highest BCUT2D eigenvalue weighted by atomic mass is 16.6. The summed E-state index contributed by atoms with van der Waals surface area (Å²) in [5.74, 6) is 1.03. The van der Waals surface area contributed by atoms with Crippen molar-refractivity contribution in [2.45, 2.75) is 51.0 Å². The molecule has 5 rings (SSSR count). The molecule has 33 heavy (non-hydrogen) atoms. The molecule has 1 aromatic carbocycles. The lowest BCUT2D eigenvalue weighted by atomic mass is 9.95. The number of hydrogen-bond donors (Lipinski definition) is 2. The van der Waals surface area contributed by atoms with Gasteiger partial charge in [0.05, 0.1) is 22.3 Å². The lowest BCUT2D eigenvalue weighted by Gasteiger charge is -2.23. The van der Waals surface area contributed by atoms with Crippen LogP contribution >= 0.6 is 0 Å². The van der Waals surface area contributed by atoms with Crippen molar-refractivity contribution in [3.63, 3.8) is 0 Å². The number of rotatable bonds is 6. The second kappa shape index (κ2) is 8.97. The number of fused-ring (bicyclic) bond motifs is 1. The molecule has 1 saturated carbocycles. The van der Waals surface area contributed by atoms with Crippen LogP contribution in [0.3, 0.4) is 0 Å². The number of aliphatic hydroxyl groups excluding tert-OH is 1. The summed E-state index contributed by atoms with van der Waals surface area (Å²) in [4.78, 5) is 22.8. The summed E-state index contributed by atoms with van der Waals surface area (Å²) in [6, 6.07) is 7.82. The van der Waals surface area contributed by atoms with E-state index in [0.717, 1.165) is 49.8 Å². The van der Waals surface area contributed by atoms with Crippen LogP contribution in [0.2, 0.25) is 0 Å². The van der Waals surface area contributed by atoms with E-state index in [-0.39, 0.29) is 23.7 Å². The molecule has 1 aliphatic heterocycles. The third kappa shape index (κ3) is 4.13. The summed E-state index contributed by atoms with van der Waals surface area (Å²) < 4.78 is 2.25. The molecule has 1 saturated heterocycles. The standard InChI is InChI=1S/C24H30N6O3/c25-19-13-22(28-10-8-16(14-28)9-11-31)27-23(24(19)30(32)33)17-6-7-21-20(12-17)26-15-29(21)18-4-2-1-3-5-18/h6-7,12-13,15-16,18,31H,1-5,8-11,14H2,(H2,25,27). The van der Waals surface area contributed by atoms with Crippen LogP contribution < -0.4 is 10.6 Å². The van der Waals surface area contributed by atoms with Gasteiger partial charge in [0.1, 0.15) is 11.5 Å². The van der Waals surface area contributed by atoms with Gasteiger partial charge in [-0.05, 0) is 43.7 Å². The minimum absolute atomic E-state index is 0.110. The summed E-state index contributed by atoms with van der Waals surface area (Å²) in [6.07, 6.45) is 9.67. The average Bonchev–Trinajstić information content (AvgIpc) is 3.46. The summed E-state index contributed by atoms with van der Waals surface area (Å²) in [5.41, 5.74) is 8.87. The summed E-state index contributed by atoms with van der Waals surface area (Å²) >= 11 is 0. The van der Waals surface area contributed by atoms with E-state index in [1.54, 1.807) is 6.07 Å². The Morgan fingerprint density at radius 3 is 2.76 bits per heavy atom. The van der Waals surface area contributed by atoms with E-state index in [2.05, 4.69) is 14.5 Å². The molecule has 0 radical (unpaired) electrons. The number of hydrogen-bond acceptors (Lipinski definition) is 7. The van der Waals surface area contributed by atoms with E-state index in [0.29, 0.717) is 23.3 Å². The topological polar surface area (TPSA) is 123 Å². The maximum absolute atomic E-state index is 11.9. The van der Waals surface area contributed by atoms with Gasteiger partial charge in [-0.1, -0.05) is 25.3 Å². The zero-order chi connectivity index (χ0) is 22.9. The largest absolute Gasteiger partial charge is 0.396 e. The number of nitrogens with zero attached hydrogens (tertiary/aromatic N) is 5. The van der Waals surface area contributed by atoms with Gasteiger partial charge in [-0.15, -0.1) is 0 Å². The van der Waals surface area contributed by atoms with E-state index < -0.39 is 4.92 Å². The molecule has 2 aliphatic rings. The quantitative estimate of drug-likeness (QED) is 0.424. The molecule has 2 fully saturated rings. The molecule has 1 atom stereocenters. The predicted octanol–water partition coefficient (Wildman–Crippen LogP) is 4.30. The van der Waals surface area contributed by atoms with Gasteiger partial charge >= 0.3 is 5.69 Å². The van der Waals surface area contributed by atoms with E-state index >= 15 is 0 Å². The van der Waals surface area contributed by atoms with Crippen LogP contribution in [0.4, 0.5) is 17.2 Å². The van der Waals surface area contributed by atoms with Crippen LogP contribution in [0.1, 0.15) is 51.0 Å². The Bertz CT molecular complexity index is 1170. The van der Waals surface area contributed by atoms with Crippen LogP contribution in [-0.4, -0.2) is 44.3 Å². The maximum Gasteiger partial charge on any atom is 0.318 e. The molecule has 9 heteroatoms. The van der Waals surface area contributed by atoms with Crippen LogP contribution in [-0.2, 0) is 0 Å². The van der Waals surface area contributed by atoms with Crippen LogP contribution in [0.25, 0.3) is 22.3 Å². The van der Waals surface area contributed by atoms with Gasteiger partial charge in [0.25, 0.3) is 0 Å². The maximum atomic E-state index is 11.9. The number of anilines is 2. The number of nitro groups is 1. The first-order valence-electron chi connectivity index (χ1n) is 11.8. The highest BCUT2D eigenvalue weighted by Gasteiger charge is 2.28. The summed E-state index contributed by atoms with van der Waals surface area (Å²) in [7, 11) is 0. The van der Waals surface area contributed by atoms with Crippen LogP contribution in [0.15, 0.2) is 30.6 Å². The van der Waals surface area contributed by atoms with Gasteiger partial charge in [0, 0.05) is 37.4 Å². The zero-order valence-electron chi connectivity index (χ0n) is 18.7. The van der Waals surface area contributed by atoms with Gasteiger partial charge < -0.3 is 20.3 Å². The summed E-state index contributed by atoms with van der Waals surface area (Å²) in [5, 5.41) is 21.1. The summed E-state index contributed by atoms with van der Waals surface area (Å²) in [6.45, 7) is 1.71. The third-order valence-corrected chi connectivity index (χ3v) is 7.15. The third-order valence-electron chi connectivity index (χ3n) is 7.15. The minimum atomic E-state index is -0.454. The van der Waals surface area contributed by atoms with Crippen molar-refractivity contribution in [1.29, 1.82) is 0 Å². The Balaban J connectivity index is 1.53. The van der Waals surface area contributed by atoms with Crippen molar-refractivity contribution in [3.05, 3.63) is 40.7 Å². The molecule has 1 unspecified atom stereocenters. The molecular formula is C24H30N6O3. The number of nitrogen functional groups attached to an aromatic ring is 1. The van der Waals surface area contributed by atoms with Crippen molar-refractivity contribution in [2.75, 3.05) is 30.3 Å². The van der Waals surface area contributed by atoms with E-state index in [4.69, 9.17) is 10.7 Å². The highest BCUT2D eigenvalue weighted by molar-refractivity contribution is 5.87. The number of pyridine rings is 1. The first-order chi connectivity index (χ1) is 16.0. The van der Waals surface area contributed by atoms with Crippen LogP contribution in [0.5, 0.6) is 0 Å². The second-order valence-corrected chi connectivity index (χ2v) is 9.28. The molecule has 3 N–H and O–H groups in total. The Hall–Kier alpha value is -3.20. The molecule has 0 amide bonds. The van der Waals surface area contributed by atoms with Crippen molar-refractivity contribution in [2.24, 2.45) is 5.92 Å². The van der Waals surface area contributed by atoms with Gasteiger partial charge in [-0.25, -0.2) is 9.97 Å². The molecule has 1 aliphatic carbocycles. The van der Waals surface area contributed by atoms with E-state index in [9.17, 15) is 15.2 Å². The Morgan fingerprint density at radius 2 is 2.00 bits per heavy atom. The lowest BCUT2D eigenvalue weighted by Crippen LogP contribution is -2.21. The molecule has 9 nitrogen and oxygen atoms in total. The van der Waals surface area contributed by atoms with Gasteiger partial charge in [-0.3, -0.25) is 10.1 Å². The molecule has 2 aromatic heterocycles. The fourth-order valence-corrected chi connectivity index (χ4v) is 5.39. The molecule has 174 valence electrons. The Labute approximate surface area is 192 Å². The van der Waals surface area contributed by atoms with E-state index in [1.165, 1.54) is 19.3 Å². The smallest absolute Gasteiger partial charge is 0.318 e. The SMILES string of the molecule is Nc1cc(N2CCC(CCO)C2)nc(-c2ccc3c(c2)ncn3C2CCCCC2)c1[N+](=O)[O-]. The molecule has 0 spiro atoms. The number of aliphatic hydroxyl groups is 1. The molecular weight excluding hydrogens is 420 g/mol. The highest BCUT2D eigenvalue weighted by Crippen LogP contribution is 2.39. The first-order valence-corrected chi connectivity index (χ1v) is 11.8. The molecule has 0 bridgehead atoms. The van der Waals surface area contributed by atoms with Crippen molar-refractivity contribution in [1.82, 2.24) is 14.5 Å². The van der Waals surface area contributed by atoms with Gasteiger partial charge in [-0.2, -0.15) is 0 Å². The monoisotopic (exact) mass is 450 g/mol. The normalized spacial score (nSPS) is 19.4. The van der Waals surface area contributed by atoms with Crippen molar-refractivity contribution >= 4 is 28.2 Å². The fraction of sp³-hybridized carbons (Fsp3) is 0.500. The fourth-order valence-electron chi connectivity index (χ4n) is 5.39. The van der Waals surface area contributed by atoms with Crippen molar-refractivity contribution in [3.8, 4) is 11.3 Å². The van der Waals surface area contributed by atoms with Crippen LogP contribution in [0, 0.1) is 16.0 Å². The molecule has 3 aromatic rings. The van der Waals surface area contributed by atoms with Gasteiger partial charge in [0.15, 0.2) is 5.69 Å². The number of benzene rings is 1. The van der Waals surface area contributed by atoms with Gasteiger partial charge in [0.2, 0.25) is 0 Å². The first kappa shape index (κ1) is 21.6. The number of aromatic nitrogens is 3. The predicted molar refractivity (Wildman–Crippen MR) is 128 cm³/mol. The lowest BCUT2D eigenvalue weighted by molar-refractivity contribution is -0.383. The minimum Gasteiger partial charge on any atom is -0.396 e. The van der Waals surface area contributed by atoms with E-state index in [1.807, 2.05) is 24.5 Å². The average molecular weight is 451 g/mol.